The van der Waals surface area contributed by atoms with Crippen LogP contribution in [0.3, 0.4) is 0 Å². The average molecular weight is 371 g/mol. The van der Waals surface area contributed by atoms with Crippen molar-refractivity contribution < 1.29 is 14.3 Å². The van der Waals surface area contributed by atoms with Gasteiger partial charge < -0.3 is 15.2 Å². The molecule has 1 aromatic carbocycles. The molecule has 3 N–H and O–H groups in total. The van der Waals surface area contributed by atoms with E-state index in [1.54, 1.807) is 5.01 Å². The molecule has 6 nitrogen and oxygen atoms in total. The lowest BCUT2D eigenvalue weighted by Gasteiger charge is -2.32. The summed E-state index contributed by atoms with van der Waals surface area (Å²) in [6.07, 6.45) is 6.71. The number of carbonyl (C=O) groups is 1. The highest BCUT2D eigenvalue weighted by molar-refractivity contribution is 5.77. The highest BCUT2D eigenvalue weighted by Crippen LogP contribution is 2.40. The van der Waals surface area contributed by atoms with Crippen molar-refractivity contribution >= 4 is 11.5 Å². The van der Waals surface area contributed by atoms with Gasteiger partial charge in [0, 0.05) is 42.4 Å². The van der Waals surface area contributed by atoms with Crippen LogP contribution >= 0.6 is 0 Å². The quantitative estimate of drug-likeness (QED) is 0.804. The first kappa shape index (κ1) is 19.3. The summed E-state index contributed by atoms with van der Waals surface area (Å²) in [6, 6.07) is 5.86. The molecule has 27 heavy (non-hydrogen) atoms. The molecule has 0 fully saturated rings. The Morgan fingerprint density at radius 2 is 2.26 bits per heavy atom. The molecule has 3 rings (SSSR count). The van der Waals surface area contributed by atoms with Crippen LogP contribution in [0.25, 0.3) is 5.57 Å². The predicted molar refractivity (Wildman–Crippen MR) is 106 cm³/mol. The predicted octanol–water partition coefficient (Wildman–Crippen LogP) is 3.06. The van der Waals surface area contributed by atoms with Crippen molar-refractivity contribution in [2.75, 3.05) is 13.2 Å². The molecular formula is C21H29N3O3. The van der Waals surface area contributed by atoms with E-state index in [1.165, 1.54) is 6.92 Å². The van der Waals surface area contributed by atoms with Gasteiger partial charge in [0.05, 0.1) is 6.61 Å². The van der Waals surface area contributed by atoms with Crippen molar-refractivity contribution in [1.82, 2.24) is 10.4 Å². The molecule has 0 radical (unpaired) electrons. The van der Waals surface area contributed by atoms with Crippen LogP contribution in [-0.2, 0) is 4.79 Å². The molecule has 2 atom stereocenters. The number of fused-ring (bicyclic) bond motifs is 3. The van der Waals surface area contributed by atoms with E-state index in [0.717, 1.165) is 29.1 Å². The number of hydrogen-bond donors (Lipinski definition) is 2. The van der Waals surface area contributed by atoms with E-state index >= 15 is 0 Å². The molecule has 0 bridgehead atoms. The van der Waals surface area contributed by atoms with Crippen LogP contribution in [0.5, 0.6) is 11.5 Å². The van der Waals surface area contributed by atoms with Crippen molar-refractivity contribution in [1.29, 1.82) is 0 Å². The maximum absolute atomic E-state index is 11.3. The Labute approximate surface area is 161 Å². The molecule has 6 heteroatoms. The number of amides is 1. The Morgan fingerprint density at radius 1 is 1.48 bits per heavy atom. The van der Waals surface area contributed by atoms with Crippen LogP contribution in [0.2, 0.25) is 0 Å². The molecule has 0 saturated carbocycles. The molecule has 0 spiro atoms. The first-order valence-electron chi connectivity index (χ1n) is 9.38. The highest BCUT2D eigenvalue weighted by atomic mass is 16.5. The zero-order valence-electron chi connectivity index (χ0n) is 16.5. The maximum atomic E-state index is 11.3. The fourth-order valence-corrected chi connectivity index (χ4v) is 3.62. The molecule has 1 aromatic rings. The van der Waals surface area contributed by atoms with Crippen LogP contribution in [0.4, 0.5) is 0 Å². The summed E-state index contributed by atoms with van der Waals surface area (Å²) in [4.78, 5) is 11.3. The second kappa shape index (κ2) is 7.64. The monoisotopic (exact) mass is 371 g/mol. The van der Waals surface area contributed by atoms with Gasteiger partial charge >= 0.3 is 0 Å². The minimum Gasteiger partial charge on any atom is -0.492 e. The number of hydrazine groups is 1. The van der Waals surface area contributed by atoms with E-state index in [4.69, 9.17) is 15.2 Å². The molecule has 1 amide bonds. The van der Waals surface area contributed by atoms with Crippen LogP contribution in [0, 0.1) is 11.8 Å². The van der Waals surface area contributed by atoms with E-state index in [2.05, 4.69) is 19.3 Å². The average Bonchev–Trinajstić information content (AvgIpc) is 2.58. The summed E-state index contributed by atoms with van der Waals surface area (Å²) < 4.78 is 11.9. The van der Waals surface area contributed by atoms with E-state index in [1.807, 2.05) is 43.6 Å². The van der Waals surface area contributed by atoms with E-state index in [-0.39, 0.29) is 17.4 Å². The van der Waals surface area contributed by atoms with Gasteiger partial charge in [-0.15, -0.1) is 0 Å². The zero-order valence-corrected chi connectivity index (χ0v) is 16.5. The van der Waals surface area contributed by atoms with Crippen LogP contribution < -0.4 is 20.6 Å². The molecular weight excluding hydrogens is 342 g/mol. The topological polar surface area (TPSA) is 76.8 Å². The molecule has 146 valence electrons. The number of nitrogens with two attached hydrogens (primary N) is 1. The lowest BCUT2D eigenvalue weighted by Crippen LogP contribution is -2.43. The number of carbonyl (C=O) groups excluding carboxylic acids is 1. The van der Waals surface area contributed by atoms with Gasteiger partial charge in [-0.1, -0.05) is 19.9 Å². The third-order valence-electron chi connectivity index (χ3n) is 4.57. The van der Waals surface area contributed by atoms with E-state index in [9.17, 15) is 4.79 Å². The van der Waals surface area contributed by atoms with Gasteiger partial charge in [0.1, 0.15) is 18.1 Å². The van der Waals surface area contributed by atoms with Crippen molar-refractivity contribution in [3.05, 3.63) is 42.2 Å². The molecule has 2 heterocycles. The van der Waals surface area contributed by atoms with Gasteiger partial charge in [-0.05, 0) is 37.0 Å². The number of benzene rings is 1. The Bertz CT molecular complexity index is 768. The zero-order chi connectivity index (χ0) is 19.6. The van der Waals surface area contributed by atoms with E-state index in [0.29, 0.717) is 19.1 Å². The third kappa shape index (κ3) is 4.83. The first-order valence-corrected chi connectivity index (χ1v) is 9.38. The first-order chi connectivity index (χ1) is 12.7. The molecule has 2 unspecified atom stereocenters. The summed E-state index contributed by atoms with van der Waals surface area (Å²) in [6.45, 7) is 8.84. The minimum absolute atomic E-state index is 0.114. The lowest BCUT2D eigenvalue weighted by atomic mass is 9.89. The molecule has 2 aliphatic heterocycles. The third-order valence-corrected chi connectivity index (χ3v) is 4.57. The van der Waals surface area contributed by atoms with Gasteiger partial charge in [-0.3, -0.25) is 15.2 Å². The van der Waals surface area contributed by atoms with Crippen LogP contribution in [0.15, 0.2) is 36.7 Å². The number of ether oxygens (including phenoxy) is 2. The van der Waals surface area contributed by atoms with Gasteiger partial charge in [0.25, 0.3) is 0 Å². The Morgan fingerprint density at radius 3 is 2.96 bits per heavy atom. The second-order valence-electron chi connectivity index (χ2n) is 8.12. The summed E-state index contributed by atoms with van der Waals surface area (Å²) in [5, 5.41) is 1.68. The second-order valence-corrected chi connectivity index (χ2v) is 8.12. The lowest BCUT2D eigenvalue weighted by molar-refractivity contribution is -0.121. The Kier molecular flexibility index (Phi) is 5.46. The standard InChI is InChI=1S/C21H29N3O3/c1-14(2)10-21(4,22)13-27-17-5-6-18-19-11-24(23-15(3)25)8-7-16(19)12-26-20(18)9-17/h5-9,11,14,16H,10,12-13,22H2,1-4H3,(H,23,25). The fraction of sp³-hybridized carbons (Fsp3) is 0.476. The summed E-state index contributed by atoms with van der Waals surface area (Å²) in [5.74, 6) is 2.11. The van der Waals surface area contributed by atoms with Gasteiger partial charge in [0.15, 0.2) is 0 Å². The normalized spacial score (nSPS) is 20.1. The Hall–Kier alpha value is -2.47. The summed E-state index contributed by atoms with van der Waals surface area (Å²) in [7, 11) is 0. The van der Waals surface area contributed by atoms with Gasteiger partial charge in [0.2, 0.25) is 5.91 Å². The summed E-state index contributed by atoms with van der Waals surface area (Å²) >= 11 is 0. The molecule has 0 saturated heterocycles. The number of nitrogens with zero attached hydrogens (tertiary/aromatic N) is 1. The maximum Gasteiger partial charge on any atom is 0.235 e. The minimum atomic E-state index is -0.369. The van der Waals surface area contributed by atoms with Crippen LogP contribution in [0.1, 0.15) is 39.7 Å². The van der Waals surface area contributed by atoms with Crippen molar-refractivity contribution in [2.24, 2.45) is 17.6 Å². The van der Waals surface area contributed by atoms with E-state index < -0.39 is 0 Å². The fourth-order valence-electron chi connectivity index (χ4n) is 3.62. The number of hydrogen-bond acceptors (Lipinski definition) is 5. The summed E-state index contributed by atoms with van der Waals surface area (Å²) in [5.41, 5.74) is 10.8. The molecule has 2 aliphatic rings. The van der Waals surface area contributed by atoms with Crippen molar-refractivity contribution in [2.45, 2.75) is 39.7 Å². The van der Waals surface area contributed by atoms with Gasteiger partial charge in [-0.25, -0.2) is 0 Å². The number of rotatable bonds is 6. The van der Waals surface area contributed by atoms with Crippen LogP contribution in [-0.4, -0.2) is 29.7 Å². The van der Waals surface area contributed by atoms with Crippen molar-refractivity contribution in [3.8, 4) is 11.5 Å². The Balaban J connectivity index is 1.74. The smallest absolute Gasteiger partial charge is 0.235 e. The van der Waals surface area contributed by atoms with Crippen molar-refractivity contribution in [3.63, 3.8) is 0 Å². The molecule has 0 aliphatic carbocycles. The number of nitrogens with one attached hydrogen (secondary N) is 1. The largest absolute Gasteiger partial charge is 0.492 e. The van der Waals surface area contributed by atoms with Gasteiger partial charge in [-0.2, -0.15) is 0 Å². The highest BCUT2D eigenvalue weighted by Gasteiger charge is 2.27. The molecule has 0 aromatic heterocycles. The SMILES string of the molecule is CC(=O)NN1C=CC2COc3cc(OCC(C)(N)CC(C)C)ccc3C2=C1.